The summed E-state index contributed by atoms with van der Waals surface area (Å²) in [5.74, 6) is 4.52. The molecule has 6 unspecified atom stereocenters. The van der Waals surface area contributed by atoms with E-state index in [4.69, 9.17) is 4.74 Å². The zero-order valence-electron chi connectivity index (χ0n) is 8.07. The topological polar surface area (TPSA) is 9.23 Å². The van der Waals surface area contributed by atoms with Crippen LogP contribution < -0.4 is 0 Å². The van der Waals surface area contributed by atoms with Crippen LogP contribution in [0.5, 0.6) is 0 Å². The molecule has 0 N–H and O–H groups in total. The van der Waals surface area contributed by atoms with Gasteiger partial charge in [-0.3, -0.25) is 0 Å². The second-order valence-corrected chi connectivity index (χ2v) is 5.28. The Bertz CT molecular complexity index is 295. The van der Waals surface area contributed by atoms with E-state index in [0.29, 0.717) is 5.60 Å². The molecule has 70 valence electrons. The smallest absolute Gasteiger partial charge is 0.0847 e. The van der Waals surface area contributed by atoms with Gasteiger partial charge in [-0.1, -0.05) is 18.6 Å². The van der Waals surface area contributed by atoms with E-state index in [1.165, 1.54) is 19.3 Å². The van der Waals surface area contributed by atoms with Crippen LogP contribution in [0.2, 0.25) is 0 Å². The fourth-order valence-corrected chi connectivity index (χ4v) is 4.94. The second kappa shape index (κ2) is 1.88. The van der Waals surface area contributed by atoms with Crippen molar-refractivity contribution in [1.29, 1.82) is 0 Å². The molecule has 0 bridgehead atoms. The van der Waals surface area contributed by atoms with Crippen LogP contribution in [0.3, 0.4) is 0 Å². The Morgan fingerprint density at radius 1 is 1.15 bits per heavy atom. The maximum atomic E-state index is 5.83. The lowest BCUT2D eigenvalue weighted by molar-refractivity contribution is 0.0358. The predicted molar refractivity (Wildman–Crippen MR) is 50.2 cm³/mol. The van der Waals surface area contributed by atoms with Gasteiger partial charge in [-0.2, -0.15) is 0 Å². The fraction of sp³-hybridized carbons (Fsp3) is 0.833. The molecule has 3 saturated carbocycles. The van der Waals surface area contributed by atoms with Gasteiger partial charge in [0.15, 0.2) is 0 Å². The number of ether oxygens (including phenoxy) is 1. The normalized spacial score (nSPS) is 65.5. The molecule has 6 atom stereocenters. The maximum Gasteiger partial charge on any atom is 0.0847 e. The van der Waals surface area contributed by atoms with Crippen LogP contribution in [-0.2, 0) is 4.74 Å². The third-order valence-corrected chi connectivity index (χ3v) is 5.27. The number of methoxy groups -OCH3 is 1. The highest BCUT2D eigenvalue weighted by atomic mass is 16.5. The molecular weight excluding hydrogens is 160 g/mol. The van der Waals surface area contributed by atoms with Crippen LogP contribution in [0.25, 0.3) is 0 Å². The first-order valence-electron chi connectivity index (χ1n) is 5.63. The molecule has 0 aromatic heterocycles. The van der Waals surface area contributed by atoms with Crippen LogP contribution in [-0.4, -0.2) is 12.7 Å². The summed E-state index contributed by atoms with van der Waals surface area (Å²) in [6.45, 7) is 0. The van der Waals surface area contributed by atoms with E-state index in [0.717, 1.165) is 29.6 Å². The lowest BCUT2D eigenvalue weighted by Gasteiger charge is -2.22. The largest absolute Gasteiger partial charge is 0.377 e. The van der Waals surface area contributed by atoms with Gasteiger partial charge in [-0.25, -0.2) is 0 Å². The van der Waals surface area contributed by atoms with Gasteiger partial charge >= 0.3 is 0 Å². The van der Waals surface area contributed by atoms with Gasteiger partial charge in [0.1, 0.15) is 0 Å². The lowest BCUT2D eigenvalue weighted by atomic mass is 9.87. The summed E-state index contributed by atoms with van der Waals surface area (Å²) in [7, 11) is 1.92. The summed E-state index contributed by atoms with van der Waals surface area (Å²) in [5, 5.41) is 0. The summed E-state index contributed by atoms with van der Waals surface area (Å²) < 4.78 is 5.83. The predicted octanol–water partition coefficient (Wildman–Crippen LogP) is 2.23. The average molecular weight is 176 g/mol. The van der Waals surface area contributed by atoms with E-state index in [2.05, 4.69) is 12.2 Å². The molecule has 1 heteroatoms. The maximum absolute atomic E-state index is 5.83. The minimum atomic E-state index is 0.315. The molecule has 0 aromatic carbocycles. The van der Waals surface area contributed by atoms with Crippen molar-refractivity contribution in [2.24, 2.45) is 29.6 Å². The molecule has 0 radical (unpaired) electrons. The van der Waals surface area contributed by atoms with Gasteiger partial charge in [0.2, 0.25) is 0 Å². The lowest BCUT2D eigenvalue weighted by Crippen LogP contribution is -2.24. The molecule has 0 saturated heterocycles. The van der Waals surface area contributed by atoms with Gasteiger partial charge in [-0.15, -0.1) is 0 Å². The Morgan fingerprint density at radius 3 is 2.77 bits per heavy atom. The van der Waals surface area contributed by atoms with E-state index in [1.807, 2.05) is 7.11 Å². The van der Waals surface area contributed by atoms with Gasteiger partial charge in [-0.05, 0) is 24.7 Å². The Balaban J connectivity index is 1.82. The first-order chi connectivity index (χ1) is 6.39. The van der Waals surface area contributed by atoms with Crippen LogP contribution in [0, 0.1) is 29.6 Å². The first-order valence-corrected chi connectivity index (χ1v) is 5.63. The van der Waals surface area contributed by atoms with Crippen molar-refractivity contribution in [3.8, 4) is 0 Å². The molecule has 0 aliphatic heterocycles. The van der Waals surface area contributed by atoms with Crippen molar-refractivity contribution < 1.29 is 4.74 Å². The number of rotatable bonds is 1. The molecular formula is C12H16O. The van der Waals surface area contributed by atoms with Crippen molar-refractivity contribution in [2.45, 2.75) is 24.9 Å². The van der Waals surface area contributed by atoms with Gasteiger partial charge in [0, 0.05) is 24.9 Å². The number of fused-ring (bicyclic) bond motifs is 4. The SMILES string of the molecule is COC12C3C=CC1C2C1CCCC13. The highest BCUT2D eigenvalue weighted by molar-refractivity contribution is 5.39. The molecule has 0 heterocycles. The minimum Gasteiger partial charge on any atom is -0.377 e. The van der Waals surface area contributed by atoms with Crippen molar-refractivity contribution in [3.05, 3.63) is 12.2 Å². The molecule has 0 aromatic rings. The van der Waals surface area contributed by atoms with Crippen molar-refractivity contribution >= 4 is 0 Å². The standard InChI is InChI=1S/C12H16O/c1-13-12-9-5-6-10(12)11(12)8-4-2-3-7(8)9/h5-11H,2-4H2,1H3. The van der Waals surface area contributed by atoms with Crippen LogP contribution >= 0.6 is 0 Å². The number of hydrogen-bond acceptors (Lipinski definition) is 1. The van der Waals surface area contributed by atoms with Gasteiger partial charge in [0.25, 0.3) is 0 Å². The molecule has 4 aliphatic carbocycles. The third-order valence-electron chi connectivity index (χ3n) is 5.27. The zero-order valence-corrected chi connectivity index (χ0v) is 8.07. The van der Waals surface area contributed by atoms with Crippen molar-refractivity contribution in [1.82, 2.24) is 0 Å². The summed E-state index contributed by atoms with van der Waals surface area (Å²) in [4.78, 5) is 0. The van der Waals surface area contributed by atoms with E-state index in [9.17, 15) is 0 Å². The van der Waals surface area contributed by atoms with Crippen LogP contribution in [0.4, 0.5) is 0 Å². The van der Waals surface area contributed by atoms with E-state index in [1.54, 1.807) is 0 Å². The highest BCUT2D eigenvalue weighted by Gasteiger charge is 2.79. The molecule has 0 spiro atoms. The summed E-state index contributed by atoms with van der Waals surface area (Å²) in [5.41, 5.74) is 0.315. The Hall–Kier alpha value is -0.300. The van der Waals surface area contributed by atoms with E-state index < -0.39 is 0 Å². The molecule has 4 rings (SSSR count). The second-order valence-electron chi connectivity index (χ2n) is 5.28. The molecule has 3 fully saturated rings. The van der Waals surface area contributed by atoms with Crippen molar-refractivity contribution in [3.63, 3.8) is 0 Å². The quantitative estimate of drug-likeness (QED) is 0.557. The summed E-state index contributed by atoms with van der Waals surface area (Å²) in [6.07, 6.45) is 9.32. The first kappa shape index (κ1) is 7.05. The highest BCUT2D eigenvalue weighted by Crippen LogP contribution is 2.76. The summed E-state index contributed by atoms with van der Waals surface area (Å²) >= 11 is 0. The molecule has 1 nitrogen and oxygen atoms in total. The average Bonchev–Trinajstić information content (AvgIpc) is 2.56. The van der Waals surface area contributed by atoms with Crippen molar-refractivity contribution in [2.75, 3.05) is 7.11 Å². The fourth-order valence-electron chi connectivity index (χ4n) is 4.94. The number of hydrogen-bond donors (Lipinski definition) is 0. The monoisotopic (exact) mass is 176 g/mol. The Labute approximate surface area is 79.2 Å². The molecule has 4 aliphatic rings. The summed E-state index contributed by atoms with van der Waals surface area (Å²) in [6, 6.07) is 0. The van der Waals surface area contributed by atoms with E-state index >= 15 is 0 Å². The molecule has 13 heavy (non-hydrogen) atoms. The van der Waals surface area contributed by atoms with Crippen LogP contribution in [0.15, 0.2) is 12.2 Å². The van der Waals surface area contributed by atoms with Gasteiger partial charge < -0.3 is 4.74 Å². The zero-order chi connectivity index (χ0) is 8.63. The van der Waals surface area contributed by atoms with Crippen LogP contribution in [0.1, 0.15) is 19.3 Å². The minimum absolute atomic E-state index is 0.315. The van der Waals surface area contributed by atoms with Gasteiger partial charge in [0.05, 0.1) is 5.60 Å². The third kappa shape index (κ3) is 0.527. The van der Waals surface area contributed by atoms with E-state index in [-0.39, 0.29) is 0 Å². The Kier molecular flexibility index (Phi) is 1.02. The Morgan fingerprint density at radius 2 is 1.92 bits per heavy atom. The molecule has 0 amide bonds.